The van der Waals surface area contributed by atoms with Crippen LogP contribution in [0.2, 0.25) is 0 Å². The molecule has 0 saturated carbocycles. The van der Waals surface area contributed by atoms with E-state index in [0.29, 0.717) is 5.92 Å². The monoisotopic (exact) mass is 375 g/mol. The van der Waals surface area contributed by atoms with Gasteiger partial charge >= 0.3 is 6.03 Å². The van der Waals surface area contributed by atoms with Gasteiger partial charge in [-0.15, -0.1) is 23.1 Å². The maximum atomic E-state index is 11.9. The number of likely N-dealkylation sites (tertiary alicyclic amines) is 1. The molecule has 1 fully saturated rings. The molecule has 2 heterocycles. The first-order valence-electron chi connectivity index (χ1n) is 8.67. The molecule has 134 valence electrons. The number of nitrogens with zero attached hydrogens (tertiary/aromatic N) is 1. The van der Waals surface area contributed by atoms with E-state index in [1.54, 1.807) is 0 Å². The lowest BCUT2D eigenvalue weighted by Gasteiger charge is -2.32. The van der Waals surface area contributed by atoms with Gasteiger partial charge < -0.3 is 5.32 Å². The predicted octanol–water partition coefficient (Wildman–Crippen LogP) is 4.50. The number of benzene rings is 1. The van der Waals surface area contributed by atoms with Crippen molar-refractivity contribution in [1.29, 1.82) is 0 Å². The van der Waals surface area contributed by atoms with Crippen LogP contribution in [-0.2, 0) is 6.54 Å². The van der Waals surface area contributed by atoms with Crippen molar-refractivity contribution >= 4 is 34.1 Å². The van der Waals surface area contributed by atoms with Crippen molar-refractivity contribution in [1.82, 2.24) is 10.2 Å². The summed E-state index contributed by atoms with van der Waals surface area (Å²) < 4.78 is 0. The molecule has 0 aliphatic carbocycles. The summed E-state index contributed by atoms with van der Waals surface area (Å²) in [7, 11) is 0. The zero-order chi connectivity index (χ0) is 17.5. The Morgan fingerprint density at radius 3 is 2.76 bits per heavy atom. The van der Waals surface area contributed by atoms with E-state index in [9.17, 15) is 4.79 Å². The molecule has 1 saturated heterocycles. The van der Waals surface area contributed by atoms with Crippen molar-refractivity contribution in [2.75, 3.05) is 31.2 Å². The van der Waals surface area contributed by atoms with Gasteiger partial charge in [-0.05, 0) is 67.2 Å². The van der Waals surface area contributed by atoms with Gasteiger partial charge in [0.25, 0.3) is 0 Å². The number of amides is 2. The van der Waals surface area contributed by atoms with E-state index < -0.39 is 0 Å². The Labute approximate surface area is 158 Å². The lowest BCUT2D eigenvalue weighted by molar-refractivity contribution is 0.175. The second-order valence-corrected chi connectivity index (χ2v) is 8.14. The van der Waals surface area contributed by atoms with E-state index in [4.69, 9.17) is 0 Å². The molecule has 1 aliphatic rings. The van der Waals surface area contributed by atoms with Crippen LogP contribution in [0.1, 0.15) is 18.4 Å². The van der Waals surface area contributed by atoms with Crippen molar-refractivity contribution in [2.45, 2.75) is 24.3 Å². The molecule has 1 aromatic carbocycles. The number of rotatable bonds is 6. The fourth-order valence-corrected chi connectivity index (χ4v) is 4.39. The summed E-state index contributed by atoms with van der Waals surface area (Å²) >= 11 is 3.35. The second kappa shape index (κ2) is 9.27. The molecule has 4 nitrogen and oxygen atoms in total. The van der Waals surface area contributed by atoms with Gasteiger partial charge in [0.1, 0.15) is 0 Å². The average Bonchev–Trinajstić information content (AvgIpc) is 3.14. The van der Waals surface area contributed by atoms with E-state index in [2.05, 4.69) is 46.1 Å². The number of nitrogens with one attached hydrogen (secondary N) is 2. The minimum atomic E-state index is -0.0984. The molecule has 0 radical (unpaired) electrons. The zero-order valence-corrected chi connectivity index (χ0v) is 16.2. The number of piperidine rings is 1. The molecule has 25 heavy (non-hydrogen) atoms. The molecule has 2 aromatic rings. The lowest BCUT2D eigenvalue weighted by atomic mass is 9.96. The third-order valence-corrected chi connectivity index (χ3v) is 6.23. The molecule has 0 spiro atoms. The second-order valence-electron chi connectivity index (χ2n) is 6.34. The summed E-state index contributed by atoms with van der Waals surface area (Å²) in [5.74, 6) is 0.570. The third kappa shape index (κ3) is 5.49. The topological polar surface area (TPSA) is 44.4 Å². The predicted molar refractivity (Wildman–Crippen MR) is 108 cm³/mol. The van der Waals surface area contributed by atoms with Crippen LogP contribution in [0.3, 0.4) is 0 Å². The van der Waals surface area contributed by atoms with Gasteiger partial charge in [-0.25, -0.2) is 4.79 Å². The number of thioether (sulfide) groups is 1. The first kappa shape index (κ1) is 18.3. The van der Waals surface area contributed by atoms with Crippen LogP contribution in [0.15, 0.2) is 46.7 Å². The maximum absolute atomic E-state index is 11.9. The minimum Gasteiger partial charge on any atom is -0.338 e. The Bertz CT molecular complexity index is 667. The number of hydrogen-bond donors (Lipinski definition) is 2. The van der Waals surface area contributed by atoms with Crippen molar-refractivity contribution in [3.8, 4) is 0 Å². The third-order valence-electron chi connectivity index (χ3n) is 4.60. The molecule has 0 atom stereocenters. The number of hydrogen-bond acceptors (Lipinski definition) is 4. The summed E-state index contributed by atoms with van der Waals surface area (Å²) in [6.45, 7) is 3.98. The molecular formula is C19H25N3OS2. The van der Waals surface area contributed by atoms with E-state index >= 15 is 0 Å². The molecule has 2 amide bonds. The zero-order valence-electron chi connectivity index (χ0n) is 14.5. The van der Waals surface area contributed by atoms with Gasteiger partial charge in [0.15, 0.2) is 0 Å². The van der Waals surface area contributed by atoms with Gasteiger partial charge in [-0.1, -0.05) is 18.2 Å². The largest absolute Gasteiger partial charge is 0.338 e. The van der Waals surface area contributed by atoms with E-state index in [-0.39, 0.29) is 6.03 Å². The number of thiophene rings is 1. The molecule has 1 aromatic heterocycles. The maximum Gasteiger partial charge on any atom is 0.319 e. The van der Waals surface area contributed by atoms with Crippen LogP contribution in [0, 0.1) is 5.92 Å². The van der Waals surface area contributed by atoms with Gasteiger partial charge in [-0.2, -0.15) is 0 Å². The fraction of sp³-hybridized carbons (Fsp3) is 0.421. The van der Waals surface area contributed by atoms with Gasteiger partial charge in [0.2, 0.25) is 0 Å². The highest BCUT2D eigenvalue weighted by Crippen LogP contribution is 2.24. The first-order valence-corrected chi connectivity index (χ1v) is 10.8. The highest BCUT2D eigenvalue weighted by Gasteiger charge is 2.20. The Morgan fingerprint density at radius 2 is 2.04 bits per heavy atom. The Kier molecular flexibility index (Phi) is 6.78. The Morgan fingerprint density at radius 1 is 1.24 bits per heavy atom. The summed E-state index contributed by atoms with van der Waals surface area (Å²) in [6.07, 6.45) is 4.42. The number of urea groups is 1. The van der Waals surface area contributed by atoms with Crippen LogP contribution >= 0.6 is 23.1 Å². The van der Waals surface area contributed by atoms with E-state index in [0.717, 1.165) is 44.0 Å². The van der Waals surface area contributed by atoms with Gasteiger partial charge in [-0.3, -0.25) is 10.2 Å². The van der Waals surface area contributed by atoms with E-state index in [1.165, 1.54) is 21.8 Å². The Balaban J connectivity index is 1.39. The lowest BCUT2D eigenvalue weighted by Crippen LogP contribution is -2.39. The average molecular weight is 376 g/mol. The van der Waals surface area contributed by atoms with Crippen LogP contribution in [-0.4, -0.2) is 36.8 Å². The van der Waals surface area contributed by atoms with Gasteiger partial charge in [0, 0.05) is 18.0 Å². The van der Waals surface area contributed by atoms with Crippen LogP contribution < -0.4 is 10.6 Å². The quantitative estimate of drug-likeness (QED) is 0.731. The molecule has 1 aliphatic heterocycles. The SMILES string of the molecule is CSc1ccccc1CN1CCC(CNC(=O)Nc2cccs2)CC1. The van der Waals surface area contributed by atoms with Gasteiger partial charge in [0.05, 0.1) is 5.00 Å². The fourth-order valence-electron chi connectivity index (χ4n) is 3.17. The smallest absolute Gasteiger partial charge is 0.319 e. The standard InChI is InChI=1S/C19H25N3OS2/c1-24-17-6-3-2-5-16(17)14-22-10-8-15(9-11-22)13-20-19(23)21-18-7-4-12-25-18/h2-7,12,15H,8-11,13-14H2,1H3,(H2,20,21,23). The highest BCUT2D eigenvalue weighted by atomic mass is 32.2. The number of carbonyl (C=O) groups excluding carboxylic acids is 1. The van der Waals surface area contributed by atoms with Crippen LogP contribution in [0.5, 0.6) is 0 Å². The summed E-state index contributed by atoms with van der Waals surface area (Å²) in [5.41, 5.74) is 1.42. The molecule has 3 rings (SSSR count). The minimum absolute atomic E-state index is 0.0984. The van der Waals surface area contributed by atoms with Crippen LogP contribution in [0.4, 0.5) is 9.80 Å². The van der Waals surface area contributed by atoms with E-state index in [1.807, 2.05) is 29.3 Å². The normalized spacial score (nSPS) is 15.9. The number of carbonyl (C=O) groups is 1. The highest BCUT2D eigenvalue weighted by molar-refractivity contribution is 7.98. The first-order chi connectivity index (χ1) is 12.2. The van der Waals surface area contributed by atoms with Crippen molar-refractivity contribution in [3.05, 3.63) is 47.3 Å². The molecular weight excluding hydrogens is 350 g/mol. The van der Waals surface area contributed by atoms with Crippen LogP contribution in [0.25, 0.3) is 0 Å². The number of anilines is 1. The van der Waals surface area contributed by atoms with Crippen molar-refractivity contribution < 1.29 is 4.79 Å². The molecule has 0 bridgehead atoms. The molecule has 2 N–H and O–H groups in total. The molecule has 6 heteroatoms. The van der Waals surface area contributed by atoms with Crippen molar-refractivity contribution in [2.24, 2.45) is 5.92 Å². The van der Waals surface area contributed by atoms with Crippen molar-refractivity contribution in [3.63, 3.8) is 0 Å². The summed E-state index contributed by atoms with van der Waals surface area (Å²) in [4.78, 5) is 15.8. The summed E-state index contributed by atoms with van der Waals surface area (Å²) in [6, 6.07) is 12.4. The Hall–Kier alpha value is -1.50. The summed E-state index contributed by atoms with van der Waals surface area (Å²) in [5, 5.41) is 8.73. The molecule has 0 unspecified atom stereocenters.